The maximum Gasteiger partial charge on any atom is 0.230 e. The lowest BCUT2D eigenvalue weighted by Crippen LogP contribution is -2.16. The van der Waals surface area contributed by atoms with E-state index in [1.807, 2.05) is 0 Å². The first-order valence-electron chi connectivity index (χ1n) is 9.83. The Kier molecular flexibility index (Phi) is 4.20. The van der Waals surface area contributed by atoms with Crippen LogP contribution in [-0.2, 0) is 12.8 Å². The fourth-order valence-corrected chi connectivity index (χ4v) is 3.76. The van der Waals surface area contributed by atoms with E-state index in [0.717, 1.165) is 49.2 Å². The summed E-state index contributed by atoms with van der Waals surface area (Å²) in [7, 11) is 0. The summed E-state index contributed by atoms with van der Waals surface area (Å²) in [6.45, 7) is 11.1. The van der Waals surface area contributed by atoms with Gasteiger partial charge in [0.2, 0.25) is 17.7 Å². The second-order valence-corrected chi connectivity index (χ2v) is 10.2. The minimum atomic E-state index is 0.126. The van der Waals surface area contributed by atoms with E-state index in [9.17, 15) is 0 Å². The van der Waals surface area contributed by atoms with E-state index in [-0.39, 0.29) is 10.8 Å². The summed E-state index contributed by atoms with van der Waals surface area (Å²) in [5, 5.41) is 12.6. The van der Waals surface area contributed by atoms with E-state index < -0.39 is 0 Å². The summed E-state index contributed by atoms with van der Waals surface area (Å²) in [5.41, 5.74) is 0.302. The largest absolute Gasteiger partial charge is 0.425 e. The lowest BCUT2D eigenvalue weighted by molar-refractivity contribution is 0.274. The molecule has 4 rings (SSSR count). The summed E-state index contributed by atoms with van der Waals surface area (Å²) >= 11 is 0. The molecule has 26 heavy (non-hydrogen) atoms. The molecular weight excluding hydrogens is 328 g/mol. The fraction of sp³-hybridized carbons (Fsp3) is 0.800. The Hall–Kier alpha value is -1.72. The quantitative estimate of drug-likeness (QED) is 0.715. The zero-order valence-electron chi connectivity index (χ0n) is 16.6. The third-order valence-corrected chi connectivity index (χ3v) is 5.27. The molecule has 2 unspecified atom stereocenters. The van der Waals surface area contributed by atoms with Crippen LogP contribution >= 0.6 is 0 Å². The number of hydrogen-bond donors (Lipinski definition) is 0. The van der Waals surface area contributed by atoms with Crippen molar-refractivity contribution in [3.05, 3.63) is 23.5 Å². The van der Waals surface area contributed by atoms with Crippen LogP contribution in [0.15, 0.2) is 8.94 Å². The third-order valence-electron chi connectivity index (χ3n) is 5.27. The zero-order chi connectivity index (χ0) is 18.5. The molecule has 6 heteroatoms. The average molecular weight is 358 g/mol. The van der Waals surface area contributed by atoms with Crippen molar-refractivity contribution in [1.29, 1.82) is 0 Å². The summed E-state index contributed by atoms with van der Waals surface area (Å²) < 4.78 is 11.4. The monoisotopic (exact) mass is 358 g/mol. The number of aromatic nitrogens is 4. The molecule has 2 aliphatic carbocycles. The number of hydrogen-bond acceptors (Lipinski definition) is 6. The molecule has 2 heterocycles. The molecule has 2 aliphatic rings. The molecule has 0 radical (unpaired) electrons. The maximum atomic E-state index is 5.84. The van der Waals surface area contributed by atoms with Crippen LogP contribution in [0, 0.1) is 16.7 Å². The molecular formula is C20H30N4O2. The highest BCUT2D eigenvalue weighted by Crippen LogP contribution is 2.53. The van der Waals surface area contributed by atoms with Crippen LogP contribution in [0.25, 0.3) is 0 Å². The minimum absolute atomic E-state index is 0.126. The van der Waals surface area contributed by atoms with Gasteiger partial charge in [-0.3, -0.25) is 0 Å². The average Bonchev–Trinajstić information content (AvgIpc) is 3.40. The maximum absolute atomic E-state index is 5.84. The molecule has 2 fully saturated rings. The van der Waals surface area contributed by atoms with E-state index >= 15 is 0 Å². The summed E-state index contributed by atoms with van der Waals surface area (Å²) in [6, 6.07) is 0. The van der Waals surface area contributed by atoms with Crippen LogP contribution in [0.5, 0.6) is 0 Å². The molecule has 0 aliphatic heterocycles. The molecule has 2 atom stereocenters. The van der Waals surface area contributed by atoms with Gasteiger partial charge in [-0.1, -0.05) is 39.8 Å². The Labute approximate surface area is 155 Å². The van der Waals surface area contributed by atoms with Crippen molar-refractivity contribution in [3.8, 4) is 0 Å². The second kappa shape index (κ2) is 6.17. The van der Waals surface area contributed by atoms with Crippen molar-refractivity contribution < 1.29 is 8.94 Å². The Morgan fingerprint density at radius 2 is 1.77 bits per heavy atom. The Bertz CT molecular complexity index is 767. The predicted molar refractivity (Wildman–Crippen MR) is 96.7 cm³/mol. The second-order valence-electron chi connectivity index (χ2n) is 10.2. The first-order valence-corrected chi connectivity index (χ1v) is 9.83. The Morgan fingerprint density at radius 3 is 2.46 bits per heavy atom. The summed E-state index contributed by atoms with van der Waals surface area (Å²) in [4.78, 5) is 4.63. The van der Waals surface area contributed by atoms with Crippen molar-refractivity contribution in [2.45, 2.75) is 85.0 Å². The van der Waals surface area contributed by atoms with Crippen LogP contribution in [0.4, 0.5) is 0 Å². The van der Waals surface area contributed by atoms with Crippen LogP contribution < -0.4 is 0 Å². The van der Waals surface area contributed by atoms with Gasteiger partial charge in [0.1, 0.15) is 0 Å². The van der Waals surface area contributed by atoms with E-state index in [2.05, 4.69) is 55.0 Å². The lowest BCUT2D eigenvalue weighted by atomic mass is 9.83. The van der Waals surface area contributed by atoms with Gasteiger partial charge >= 0.3 is 0 Å². The van der Waals surface area contributed by atoms with Gasteiger partial charge in [-0.15, -0.1) is 10.2 Å². The van der Waals surface area contributed by atoms with Crippen LogP contribution in [0.2, 0.25) is 0 Å². The molecule has 0 aromatic carbocycles. The summed E-state index contributed by atoms with van der Waals surface area (Å²) in [6.07, 6.45) is 6.30. The van der Waals surface area contributed by atoms with E-state index in [1.54, 1.807) is 0 Å². The van der Waals surface area contributed by atoms with Crippen LogP contribution in [0.1, 0.15) is 95.6 Å². The van der Waals surface area contributed by atoms with Gasteiger partial charge in [0.15, 0.2) is 5.82 Å². The molecule has 0 spiro atoms. The normalized spacial score (nSPS) is 23.4. The van der Waals surface area contributed by atoms with Gasteiger partial charge in [0.05, 0.1) is 0 Å². The molecule has 6 nitrogen and oxygen atoms in total. The molecule has 2 saturated carbocycles. The van der Waals surface area contributed by atoms with Crippen LogP contribution in [0.3, 0.4) is 0 Å². The standard InChI is InChI=1S/C20H30N4O2/c1-19(2,3)10-15-21-18(26-24-15)14-8-13(14)9-20(4,5)11-16-22-23-17(25-16)12-6-7-12/h12-14H,6-11H2,1-5H3. The van der Waals surface area contributed by atoms with Crippen molar-refractivity contribution in [2.75, 3.05) is 0 Å². The van der Waals surface area contributed by atoms with Gasteiger partial charge in [-0.05, 0) is 42.4 Å². The highest BCUT2D eigenvalue weighted by molar-refractivity contribution is 5.09. The molecule has 0 saturated heterocycles. The highest BCUT2D eigenvalue weighted by atomic mass is 16.5. The summed E-state index contributed by atoms with van der Waals surface area (Å²) in [5.74, 6) is 4.80. The molecule has 0 bridgehead atoms. The molecule has 2 aromatic heterocycles. The first-order chi connectivity index (χ1) is 12.2. The van der Waals surface area contributed by atoms with Gasteiger partial charge < -0.3 is 8.94 Å². The van der Waals surface area contributed by atoms with E-state index in [1.165, 1.54) is 12.8 Å². The van der Waals surface area contributed by atoms with Crippen LogP contribution in [-0.4, -0.2) is 20.3 Å². The van der Waals surface area contributed by atoms with Gasteiger partial charge in [-0.25, -0.2) is 0 Å². The SMILES string of the molecule is CC(C)(C)Cc1noc(C2CC2CC(C)(C)Cc2nnc(C3CC3)o2)n1. The Balaban J connectivity index is 1.31. The van der Waals surface area contributed by atoms with Crippen molar-refractivity contribution in [3.63, 3.8) is 0 Å². The number of nitrogens with zero attached hydrogens (tertiary/aromatic N) is 4. The van der Waals surface area contributed by atoms with Crippen molar-refractivity contribution in [1.82, 2.24) is 20.3 Å². The minimum Gasteiger partial charge on any atom is -0.425 e. The smallest absolute Gasteiger partial charge is 0.230 e. The van der Waals surface area contributed by atoms with Gasteiger partial charge in [0.25, 0.3) is 0 Å². The number of rotatable bonds is 7. The molecule has 0 N–H and O–H groups in total. The topological polar surface area (TPSA) is 77.8 Å². The first kappa shape index (κ1) is 17.7. The predicted octanol–water partition coefficient (Wildman–Crippen LogP) is 4.68. The highest BCUT2D eigenvalue weighted by Gasteiger charge is 2.45. The molecule has 142 valence electrons. The lowest BCUT2D eigenvalue weighted by Gasteiger charge is -2.22. The van der Waals surface area contributed by atoms with Gasteiger partial charge in [-0.2, -0.15) is 4.98 Å². The fourth-order valence-electron chi connectivity index (χ4n) is 3.76. The van der Waals surface area contributed by atoms with Crippen molar-refractivity contribution >= 4 is 0 Å². The van der Waals surface area contributed by atoms with Crippen molar-refractivity contribution in [2.24, 2.45) is 16.7 Å². The van der Waals surface area contributed by atoms with E-state index in [0.29, 0.717) is 17.8 Å². The van der Waals surface area contributed by atoms with E-state index in [4.69, 9.17) is 8.94 Å². The molecule has 2 aromatic rings. The Morgan fingerprint density at radius 1 is 1.00 bits per heavy atom. The third kappa shape index (κ3) is 4.33. The molecule has 0 amide bonds. The van der Waals surface area contributed by atoms with Gasteiger partial charge in [0, 0.05) is 24.7 Å². The zero-order valence-corrected chi connectivity index (χ0v) is 16.6.